The zero-order valence-electron chi connectivity index (χ0n) is 10.7. The van der Waals surface area contributed by atoms with Crippen LogP contribution in [0.5, 0.6) is 0 Å². The van der Waals surface area contributed by atoms with Gasteiger partial charge in [0.2, 0.25) is 5.76 Å². The number of hydrogen-bond donors (Lipinski definition) is 1. The molecular formula is C15H15NO3. The number of carboxylic acids is 1. The number of carbonyl (C=O) groups is 1. The highest BCUT2D eigenvalue weighted by Gasteiger charge is 2.26. The van der Waals surface area contributed by atoms with Crippen molar-refractivity contribution in [2.75, 3.05) is 11.4 Å². The average Bonchev–Trinajstić information content (AvgIpc) is 3.05. The second-order valence-electron chi connectivity index (χ2n) is 4.76. The topological polar surface area (TPSA) is 53.7 Å². The third kappa shape index (κ3) is 1.99. The molecule has 0 amide bonds. The first-order valence-electron chi connectivity index (χ1n) is 6.34. The number of aromatic carboxylic acids is 1. The Kier molecular flexibility index (Phi) is 2.78. The molecule has 0 aliphatic carbocycles. The first-order chi connectivity index (χ1) is 9.16. The van der Waals surface area contributed by atoms with E-state index in [-0.39, 0.29) is 11.8 Å². The van der Waals surface area contributed by atoms with Crippen LogP contribution in [0.1, 0.15) is 34.8 Å². The highest BCUT2D eigenvalue weighted by molar-refractivity contribution is 5.84. The van der Waals surface area contributed by atoms with Crippen LogP contribution in [0.3, 0.4) is 0 Å². The van der Waals surface area contributed by atoms with Crippen LogP contribution >= 0.6 is 0 Å². The van der Waals surface area contributed by atoms with Gasteiger partial charge in [-0.2, -0.15) is 0 Å². The van der Waals surface area contributed by atoms with Crippen molar-refractivity contribution in [1.82, 2.24) is 0 Å². The maximum Gasteiger partial charge on any atom is 0.371 e. The summed E-state index contributed by atoms with van der Waals surface area (Å²) in [6.45, 7) is 2.97. The van der Waals surface area contributed by atoms with E-state index >= 15 is 0 Å². The van der Waals surface area contributed by atoms with Gasteiger partial charge < -0.3 is 14.4 Å². The second-order valence-corrected chi connectivity index (χ2v) is 4.76. The molecule has 0 saturated heterocycles. The summed E-state index contributed by atoms with van der Waals surface area (Å²) >= 11 is 0. The summed E-state index contributed by atoms with van der Waals surface area (Å²) in [6.07, 6.45) is 1.02. The number of carboxylic acid groups (broad SMARTS) is 1. The van der Waals surface area contributed by atoms with Crippen LogP contribution in [0.15, 0.2) is 40.8 Å². The maximum atomic E-state index is 10.8. The molecule has 2 heterocycles. The van der Waals surface area contributed by atoms with Gasteiger partial charge in [0.05, 0.1) is 6.04 Å². The lowest BCUT2D eigenvalue weighted by Gasteiger charge is -2.25. The maximum absolute atomic E-state index is 10.8. The minimum Gasteiger partial charge on any atom is -0.475 e. The van der Waals surface area contributed by atoms with Crippen LogP contribution in [-0.4, -0.2) is 17.6 Å². The number of benzene rings is 1. The van der Waals surface area contributed by atoms with Crippen LogP contribution in [-0.2, 0) is 6.42 Å². The van der Waals surface area contributed by atoms with E-state index in [0.717, 1.165) is 13.0 Å². The lowest BCUT2D eigenvalue weighted by atomic mass is 10.1. The predicted molar refractivity (Wildman–Crippen MR) is 71.6 cm³/mol. The average molecular weight is 257 g/mol. The lowest BCUT2D eigenvalue weighted by molar-refractivity contribution is 0.0660. The molecule has 1 aromatic heterocycles. The number of nitrogens with zero attached hydrogens (tertiary/aromatic N) is 1. The Morgan fingerprint density at radius 1 is 1.32 bits per heavy atom. The van der Waals surface area contributed by atoms with Crippen molar-refractivity contribution in [2.45, 2.75) is 19.4 Å². The standard InChI is InChI=1S/C15H15NO3/c1-10(13-6-7-14(19-13)15(17)18)16-9-8-11-4-2-3-5-12(11)16/h2-7,10H,8-9H2,1H3,(H,17,18). The minimum atomic E-state index is -1.03. The summed E-state index contributed by atoms with van der Waals surface area (Å²) in [7, 11) is 0. The number of furan rings is 1. The van der Waals surface area contributed by atoms with Gasteiger partial charge in [-0.25, -0.2) is 4.79 Å². The summed E-state index contributed by atoms with van der Waals surface area (Å²) in [5, 5.41) is 8.90. The molecule has 1 atom stereocenters. The van der Waals surface area contributed by atoms with Crippen molar-refractivity contribution >= 4 is 11.7 Å². The van der Waals surface area contributed by atoms with Crippen molar-refractivity contribution < 1.29 is 14.3 Å². The van der Waals surface area contributed by atoms with Gasteiger partial charge in [0, 0.05) is 12.2 Å². The van der Waals surface area contributed by atoms with Crippen LogP contribution in [0.4, 0.5) is 5.69 Å². The van der Waals surface area contributed by atoms with E-state index in [4.69, 9.17) is 9.52 Å². The summed E-state index contributed by atoms with van der Waals surface area (Å²) in [5.41, 5.74) is 2.54. The molecule has 0 spiro atoms. The van der Waals surface area contributed by atoms with E-state index in [2.05, 4.69) is 17.0 Å². The van der Waals surface area contributed by atoms with E-state index in [1.807, 2.05) is 19.1 Å². The normalized spacial score (nSPS) is 15.3. The Balaban J connectivity index is 1.88. The largest absolute Gasteiger partial charge is 0.475 e. The van der Waals surface area contributed by atoms with Gasteiger partial charge in [0.15, 0.2) is 0 Å². The minimum absolute atomic E-state index is 0.00525. The predicted octanol–water partition coefficient (Wildman–Crippen LogP) is 3.10. The number of hydrogen-bond acceptors (Lipinski definition) is 3. The molecule has 0 radical (unpaired) electrons. The monoisotopic (exact) mass is 257 g/mol. The molecule has 0 fully saturated rings. The van der Waals surface area contributed by atoms with Crippen LogP contribution in [0, 0.1) is 0 Å². The quantitative estimate of drug-likeness (QED) is 0.918. The molecule has 19 heavy (non-hydrogen) atoms. The number of anilines is 1. The van der Waals surface area contributed by atoms with Crippen molar-refractivity contribution in [3.05, 3.63) is 53.5 Å². The third-order valence-corrected chi connectivity index (χ3v) is 3.64. The van der Waals surface area contributed by atoms with Crippen molar-refractivity contribution in [2.24, 2.45) is 0 Å². The van der Waals surface area contributed by atoms with Gasteiger partial charge in [0.1, 0.15) is 5.76 Å². The van der Waals surface area contributed by atoms with Crippen LogP contribution < -0.4 is 4.90 Å². The zero-order chi connectivity index (χ0) is 13.4. The molecule has 3 rings (SSSR count). The van der Waals surface area contributed by atoms with Crippen molar-refractivity contribution in [3.63, 3.8) is 0 Å². The summed E-state index contributed by atoms with van der Waals surface area (Å²) in [4.78, 5) is 13.1. The van der Waals surface area contributed by atoms with E-state index in [0.29, 0.717) is 5.76 Å². The molecular weight excluding hydrogens is 242 g/mol. The molecule has 0 saturated carbocycles. The highest BCUT2D eigenvalue weighted by atomic mass is 16.4. The molecule has 1 aliphatic heterocycles. The Hall–Kier alpha value is -2.23. The molecule has 0 bridgehead atoms. The van der Waals surface area contributed by atoms with E-state index in [1.165, 1.54) is 17.3 Å². The van der Waals surface area contributed by atoms with Crippen LogP contribution in [0.2, 0.25) is 0 Å². The van der Waals surface area contributed by atoms with Crippen LogP contribution in [0.25, 0.3) is 0 Å². The van der Waals surface area contributed by atoms with Gasteiger partial charge in [-0.05, 0) is 37.1 Å². The second kappa shape index (κ2) is 4.46. The molecule has 2 aromatic rings. The number of para-hydroxylation sites is 1. The first kappa shape index (κ1) is 11.8. The summed E-state index contributed by atoms with van der Waals surface area (Å²) in [5.74, 6) is -0.344. The molecule has 98 valence electrons. The Morgan fingerprint density at radius 2 is 2.11 bits per heavy atom. The molecule has 1 aromatic carbocycles. The lowest BCUT2D eigenvalue weighted by Crippen LogP contribution is -2.24. The summed E-state index contributed by atoms with van der Waals surface area (Å²) < 4.78 is 5.39. The Morgan fingerprint density at radius 3 is 2.84 bits per heavy atom. The van der Waals surface area contributed by atoms with E-state index in [1.54, 1.807) is 6.07 Å². The fourth-order valence-corrected chi connectivity index (χ4v) is 2.61. The Bertz CT molecular complexity index is 617. The number of fused-ring (bicyclic) bond motifs is 1. The number of rotatable bonds is 3. The fraction of sp³-hybridized carbons (Fsp3) is 0.267. The van der Waals surface area contributed by atoms with Gasteiger partial charge in [-0.15, -0.1) is 0 Å². The fourth-order valence-electron chi connectivity index (χ4n) is 2.61. The van der Waals surface area contributed by atoms with Crippen molar-refractivity contribution in [3.8, 4) is 0 Å². The van der Waals surface area contributed by atoms with Gasteiger partial charge in [-0.3, -0.25) is 0 Å². The summed E-state index contributed by atoms with van der Waals surface area (Å²) in [6, 6.07) is 11.6. The van der Waals surface area contributed by atoms with Crippen molar-refractivity contribution in [1.29, 1.82) is 0 Å². The third-order valence-electron chi connectivity index (χ3n) is 3.64. The SMILES string of the molecule is CC(c1ccc(C(=O)O)o1)N1CCc2ccccc21. The molecule has 4 heteroatoms. The van der Waals surface area contributed by atoms with E-state index in [9.17, 15) is 4.79 Å². The molecule has 1 N–H and O–H groups in total. The van der Waals surface area contributed by atoms with Gasteiger partial charge in [0.25, 0.3) is 0 Å². The Labute approximate surface area is 111 Å². The molecule has 1 unspecified atom stereocenters. The zero-order valence-corrected chi connectivity index (χ0v) is 10.7. The van der Waals surface area contributed by atoms with Gasteiger partial charge in [-0.1, -0.05) is 18.2 Å². The molecule has 1 aliphatic rings. The highest BCUT2D eigenvalue weighted by Crippen LogP contribution is 2.35. The first-order valence-corrected chi connectivity index (χ1v) is 6.34. The van der Waals surface area contributed by atoms with E-state index < -0.39 is 5.97 Å². The molecule has 4 nitrogen and oxygen atoms in total. The smallest absolute Gasteiger partial charge is 0.371 e. The van der Waals surface area contributed by atoms with Gasteiger partial charge >= 0.3 is 5.97 Å².